The molecular weight excluding hydrogens is 316 g/mol. The van der Waals surface area contributed by atoms with Crippen LogP contribution < -0.4 is 5.32 Å². The van der Waals surface area contributed by atoms with Crippen LogP contribution >= 0.6 is 11.6 Å². The highest BCUT2D eigenvalue weighted by Gasteiger charge is 2.30. The van der Waals surface area contributed by atoms with E-state index in [1.807, 2.05) is 0 Å². The van der Waals surface area contributed by atoms with Crippen LogP contribution in [-0.4, -0.2) is 29.0 Å². The van der Waals surface area contributed by atoms with Gasteiger partial charge in [0.15, 0.2) is 6.10 Å². The molecule has 0 saturated heterocycles. The van der Waals surface area contributed by atoms with Crippen LogP contribution in [0.5, 0.6) is 0 Å². The van der Waals surface area contributed by atoms with Crippen molar-refractivity contribution in [3.8, 4) is 0 Å². The summed E-state index contributed by atoms with van der Waals surface area (Å²) in [6.45, 7) is 5.94. The van der Waals surface area contributed by atoms with Crippen LogP contribution in [0, 0.1) is 11.8 Å². The van der Waals surface area contributed by atoms with Crippen molar-refractivity contribution in [2.75, 3.05) is 0 Å². The normalized spacial score (nSPS) is 25.5. The number of carbonyl (C=O) groups excluding carboxylic acids is 2. The number of carbonyl (C=O) groups is 2. The molecule has 1 saturated carbocycles. The second kappa shape index (κ2) is 7.77. The highest BCUT2D eigenvalue weighted by atomic mass is 35.5. The van der Waals surface area contributed by atoms with Crippen LogP contribution in [0.1, 0.15) is 50.4 Å². The first-order chi connectivity index (χ1) is 10.9. The quantitative estimate of drug-likeness (QED) is 0.676. The number of halogens is 1. The lowest BCUT2D eigenvalue weighted by Gasteiger charge is -2.35. The molecule has 1 aromatic heterocycles. The molecular formula is C17H23ClN2O3. The summed E-state index contributed by atoms with van der Waals surface area (Å²) >= 11 is 5.68. The summed E-state index contributed by atoms with van der Waals surface area (Å²) in [5, 5.41) is 3.31. The largest absolute Gasteiger partial charge is 0.449 e. The molecule has 1 fully saturated rings. The molecule has 6 heteroatoms. The first-order valence-electron chi connectivity index (χ1n) is 8.01. The Balaban J connectivity index is 1.89. The standard InChI is InChI=1S/C17H23ClN2O3/c1-10-5-4-6-14(11(10)2)20-16(21)12(3)23-17(22)13-7-8-15(18)19-9-13/h7-12,14H,4-6H2,1-3H3,(H,20,21)/t10-,11-,12-,14+/m1/s1. The second-order valence-corrected chi connectivity index (χ2v) is 6.69. The molecule has 2 rings (SSSR count). The molecule has 23 heavy (non-hydrogen) atoms. The summed E-state index contributed by atoms with van der Waals surface area (Å²) in [6.07, 6.45) is 3.77. The Morgan fingerprint density at radius 1 is 1.35 bits per heavy atom. The van der Waals surface area contributed by atoms with E-state index in [2.05, 4.69) is 24.1 Å². The molecule has 126 valence electrons. The first kappa shape index (κ1) is 17.7. The van der Waals surface area contributed by atoms with Gasteiger partial charge < -0.3 is 10.1 Å². The highest BCUT2D eigenvalue weighted by molar-refractivity contribution is 6.29. The second-order valence-electron chi connectivity index (χ2n) is 6.30. The van der Waals surface area contributed by atoms with Crippen molar-refractivity contribution in [3.05, 3.63) is 29.0 Å². The molecule has 0 spiro atoms. The predicted octanol–water partition coefficient (Wildman–Crippen LogP) is 3.22. The fourth-order valence-corrected chi connectivity index (χ4v) is 2.98. The fourth-order valence-electron chi connectivity index (χ4n) is 2.86. The number of nitrogens with zero attached hydrogens (tertiary/aromatic N) is 1. The number of nitrogens with one attached hydrogen (secondary N) is 1. The van der Waals surface area contributed by atoms with E-state index in [0.29, 0.717) is 17.0 Å². The van der Waals surface area contributed by atoms with Crippen LogP contribution in [0.15, 0.2) is 18.3 Å². The molecule has 0 bridgehead atoms. The Kier molecular flexibility index (Phi) is 5.99. The first-order valence-corrected chi connectivity index (χ1v) is 8.39. The summed E-state index contributed by atoms with van der Waals surface area (Å²) in [5.41, 5.74) is 0.272. The minimum atomic E-state index is -0.845. The van der Waals surface area contributed by atoms with Gasteiger partial charge in [0.25, 0.3) is 5.91 Å². The molecule has 1 aliphatic rings. The Morgan fingerprint density at radius 3 is 2.74 bits per heavy atom. The molecule has 1 heterocycles. The number of hydrogen-bond donors (Lipinski definition) is 1. The van der Waals surface area contributed by atoms with Gasteiger partial charge in [-0.15, -0.1) is 0 Å². The molecule has 1 amide bonds. The van der Waals surface area contributed by atoms with Gasteiger partial charge >= 0.3 is 5.97 Å². The van der Waals surface area contributed by atoms with Gasteiger partial charge in [-0.1, -0.05) is 38.3 Å². The van der Waals surface area contributed by atoms with Crippen molar-refractivity contribution >= 4 is 23.5 Å². The van der Waals surface area contributed by atoms with Crippen LogP contribution in [0.25, 0.3) is 0 Å². The fraction of sp³-hybridized carbons (Fsp3) is 0.588. The number of hydrogen-bond acceptors (Lipinski definition) is 4. The van der Waals surface area contributed by atoms with Crippen molar-refractivity contribution in [1.82, 2.24) is 10.3 Å². The van der Waals surface area contributed by atoms with Crippen molar-refractivity contribution in [3.63, 3.8) is 0 Å². The van der Waals surface area contributed by atoms with Crippen LogP contribution in [0.2, 0.25) is 5.15 Å². The maximum Gasteiger partial charge on any atom is 0.340 e. The summed E-state index contributed by atoms with van der Waals surface area (Å²) in [7, 11) is 0. The average Bonchev–Trinajstić information content (AvgIpc) is 2.52. The maximum atomic E-state index is 12.3. The summed E-state index contributed by atoms with van der Waals surface area (Å²) < 4.78 is 5.21. The number of ether oxygens (including phenoxy) is 1. The predicted molar refractivity (Wildman–Crippen MR) is 88.2 cm³/mol. The van der Waals surface area contributed by atoms with Gasteiger partial charge in [0.05, 0.1) is 5.56 Å². The minimum Gasteiger partial charge on any atom is -0.449 e. The molecule has 1 aromatic rings. The molecule has 0 unspecified atom stereocenters. The Bertz CT molecular complexity index is 561. The number of pyridine rings is 1. The number of aromatic nitrogens is 1. The van der Waals surface area contributed by atoms with Gasteiger partial charge in [0.2, 0.25) is 0 Å². The minimum absolute atomic E-state index is 0.143. The summed E-state index contributed by atoms with van der Waals surface area (Å²) in [6, 6.07) is 3.17. The zero-order chi connectivity index (χ0) is 17.0. The third-order valence-corrected chi connectivity index (χ3v) is 4.87. The Morgan fingerprint density at radius 2 is 2.09 bits per heavy atom. The van der Waals surface area contributed by atoms with Gasteiger partial charge in [0, 0.05) is 12.2 Å². The molecule has 0 aliphatic heterocycles. The van der Waals surface area contributed by atoms with E-state index in [9.17, 15) is 9.59 Å². The van der Waals surface area contributed by atoms with E-state index < -0.39 is 12.1 Å². The molecule has 1 N–H and O–H groups in total. The van der Waals surface area contributed by atoms with Gasteiger partial charge in [-0.2, -0.15) is 0 Å². The van der Waals surface area contributed by atoms with Crippen molar-refractivity contribution in [1.29, 1.82) is 0 Å². The smallest absolute Gasteiger partial charge is 0.340 e. The van der Waals surface area contributed by atoms with Crippen molar-refractivity contribution in [2.24, 2.45) is 11.8 Å². The van der Waals surface area contributed by atoms with Gasteiger partial charge in [-0.3, -0.25) is 4.79 Å². The average molecular weight is 339 g/mol. The molecule has 1 aliphatic carbocycles. The lowest BCUT2D eigenvalue weighted by atomic mass is 9.78. The lowest BCUT2D eigenvalue weighted by Crippen LogP contribution is -2.47. The molecule has 0 aromatic carbocycles. The lowest BCUT2D eigenvalue weighted by molar-refractivity contribution is -0.130. The van der Waals surface area contributed by atoms with Crippen molar-refractivity contribution in [2.45, 2.75) is 52.2 Å². The summed E-state index contributed by atoms with van der Waals surface area (Å²) in [4.78, 5) is 28.1. The van der Waals surface area contributed by atoms with Crippen LogP contribution in [0.3, 0.4) is 0 Å². The number of esters is 1. The van der Waals surface area contributed by atoms with E-state index in [1.165, 1.54) is 24.8 Å². The summed E-state index contributed by atoms with van der Waals surface area (Å²) in [5.74, 6) is 0.177. The van der Waals surface area contributed by atoms with E-state index in [1.54, 1.807) is 6.92 Å². The maximum absolute atomic E-state index is 12.3. The van der Waals surface area contributed by atoms with Gasteiger partial charge in [-0.05, 0) is 37.3 Å². The monoisotopic (exact) mass is 338 g/mol. The van der Waals surface area contributed by atoms with E-state index >= 15 is 0 Å². The zero-order valence-electron chi connectivity index (χ0n) is 13.7. The van der Waals surface area contributed by atoms with E-state index in [-0.39, 0.29) is 17.5 Å². The van der Waals surface area contributed by atoms with E-state index in [0.717, 1.165) is 12.8 Å². The molecule has 5 nitrogen and oxygen atoms in total. The molecule has 4 atom stereocenters. The van der Waals surface area contributed by atoms with E-state index in [4.69, 9.17) is 16.3 Å². The van der Waals surface area contributed by atoms with Crippen molar-refractivity contribution < 1.29 is 14.3 Å². The topological polar surface area (TPSA) is 68.3 Å². The Hall–Kier alpha value is -1.62. The third-order valence-electron chi connectivity index (χ3n) is 4.65. The SMILES string of the molecule is C[C@@H]1[C@H](C)CCC[C@@H]1NC(=O)[C@@H](C)OC(=O)c1ccc(Cl)nc1. The third kappa shape index (κ3) is 4.67. The van der Waals surface area contributed by atoms with Crippen LogP contribution in [0.4, 0.5) is 0 Å². The van der Waals surface area contributed by atoms with Gasteiger partial charge in [0.1, 0.15) is 5.15 Å². The Labute approximate surface area is 141 Å². The number of amides is 1. The van der Waals surface area contributed by atoms with Crippen LogP contribution in [-0.2, 0) is 9.53 Å². The van der Waals surface area contributed by atoms with Gasteiger partial charge in [-0.25, -0.2) is 9.78 Å². The zero-order valence-corrected chi connectivity index (χ0v) is 14.5. The number of rotatable bonds is 4. The molecule has 0 radical (unpaired) electrons. The highest BCUT2D eigenvalue weighted by Crippen LogP contribution is 2.29.